The van der Waals surface area contributed by atoms with Crippen LogP contribution in [0.4, 0.5) is 0 Å². The summed E-state index contributed by atoms with van der Waals surface area (Å²) in [4.78, 5) is 18.5. The Balaban J connectivity index is 1.56. The summed E-state index contributed by atoms with van der Waals surface area (Å²) in [6, 6.07) is 26.4. The summed E-state index contributed by atoms with van der Waals surface area (Å²) in [5, 5.41) is 8.56. The summed E-state index contributed by atoms with van der Waals surface area (Å²) in [5.41, 5.74) is 1.64. The molecule has 0 amide bonds. The number of hydrogen-bond donors (Lipinski definition) is 0. The van der Waals surface area contributed by atoms with Gasteiger partial charge in [0, 0.05) is 16.0 Å². The van der Waals surface area contributed by atoms with Crippen molar-refractivity contribution in [3.05, 3.63) is 106 Å². The monoisotopic (exact) mass is 535 g/mol. The van der Waals surface area contributed by atoms with Crippen molar-refractivity contribution in [2.45, 2.75) is 20.8 Å². The average Bonchev–Trinajstić information content (AvgIpc) is 3.34. The minimum atomic E-state index is -0.303. The largest absolute Gasteiger partial charge is 0.492 e. The van der Waals surface area contributed by atoms with E-state index >= 15 is 0 Å². The second-order valence-corrected chi connectivity index (χ2v) is 11.1. The first-order chi connectivity index (χ1) is 18.8. The zero-order valence-electron chi connectivity index (χ0n) is 21.8. The van der Waals surface area contributed by atoms with E-state index < -0.39 is 0 Å². The molecule has 0 atom stereocenters. The van der Waals surface area contributed by atoms with E-state index in [4.69, 9.17) is 30.8 Å². The van der Waals surface area contributed by atoms with Crippen LogP contribution in [0.25, 0.3) is 44.2 Å². The van der Waals surface area contributed by atoms with Crippen LogP contribution >= 0.6 is 11.6 Å². The molecule has 0 aliphatic rings. The fourth-order valence-electron chi connectivity index (χ4n) is 4.46. The molecule has 6 nitrogen and oxygen atoms in total. The summed E-state index contributed by atoms with van der Waals surface area (Å²) in [7, 11) is 0. The molecule has 0 spiro atoms. The van der Waals surface area contributed by atoms with Crippen molar-refractivity contribution in [2.24, 2.45) is 10.5 Å². The van der Waals surface area contributed by atoms with E-state index in [2.05, 4.69) is 20.8 Å². The van der Waals surface area contributed by atoms with Crippen molar-refractivity contribution in [1.82, 2.24) is 9.66 Å². The van der Waals surface area contributed by atoms with Crippen LogP contribution < -0.4 is 10.3 Å². The smallest absolute Gasteiger partial charge is 0.282 e. The zero-order chi connectivity index (χ0) is 27.1. The Morgan fingerprint density at radius 1 is 0.949 bits per heavy atom. The number of fused-ring (bicyclic) bond motifs is 3. The molecule has 6 rings (SSSR count). The third kappa shape index (κ3) is 4.91. The van der Waals surface area contributed by atoms with E-state index in [-0.39, 0.29) is 11.0 Å². The van der Waals surface area contributed by atoms with Crippen LogP contribution in [0.2, 0.25) is 5.02 Å². The second-order valence-electron chi connectivity index (χ2n) is 10.7. The predicted octanol–water partition coefficient (Wildman–Crippen LogP) is 7.92. The molecule has 4 aromatic carbocycles. The lowest BCUT2D eigenvalue weighted by Crippen LogP contribution is -2.20. The molecule has 6 aromatic rings. The van der Waals surface area contributed by atoms with E-state index in [1.54, 1.807) is 30.5 Å². The number of furan rings is 1. The number of benzene rings is 4. The molecule has 0 aliphatic carbocycles. The number of hydrogen-bond acceptors (Lipinski definition) is 5. The molecule has 0 fully saturated rings. The van der Waals surface area contributed by atoms with Crippen molar-refractivity contribution < 1.29 is 9.15 Å². The lowest BCUT2D eigenvalue weighted by Gasteiger charge is -2.20. The van der Waals surface area contributed by atoms with E-state index in [9.17, 15) is 4.79 Å². The molecule has 0 saturated carbocycles. The Labute approximate surface area is 230 Å². The Bertz CT molecular complexity index is 1950. The normalized spacial score (nSPS) is 12.2. The lowest BCUT2D eigenvalue weighted by atomic mass is 9.98. The third-order valence-corrected chi connectivity index (χ3v) is 6.58. The SMILES string of the molecule is CC(C)(C)COc1ccc2ccccc2c1C=Nn1c(-c2cc3cc(Cl)ccc3o2)nc2ccccc2c1=O. The maximum absolute atomic E-state index is 13.7. The average molecular weight is 536 g/mol. The fourth-order valence-corrected chi connectivity index (χ4v) is 4.64. The van der Waals surface area contributed by atoms with Gasteiger partial charge in [0.2, 0.25) is 5.82 Å². The van der Waals surface area contributed by atoms with E-state index in [0.717, 1.165) is 21.7 Å². The first-order valence-electron chi connectivity index (χ1n) is 12.7. The first-order valence-corrected chi connectivity index (χ1v) is 13.0. The standard InChI is InChI=1S/C32H26ClN3O3/c1-32(2,3)19-38-28-14-12-20-8-4-5-9-23(20)25(28)18-34-36-30(35-26-11-7-6-10-24(26)31(36)37)29-17-21-16-22(33)13-15-27(21)39-29/h4-18H,19H2,1-3H3. The highest BCUT2D eigenvalue weighted by molar-refractivity contribution is 6.31. The van der Waals surface area contributed by atoms with Crippen LogP contribution in [0.15, 0.2) is 99.2 Å². The van der Waals surface area contributed by atoms with Crippen LogP contribution in [0.1, 0.15) is 26.3 Å². The highest BCUT2D eigenvalue weighted by atomic mass is 35.5. The molecule has 0 bridgehead atoms. The van der Waals surface area contributed by atoms with Gasteiger partial charge < -0.3 is 9.15 Å². The molecule has 2 aromatic heterocycles. The second kappa shape index (κ2) is 9.71. The maximum Gasteiger partial charge on any atom is 0.282 e. The quantitative estimate of drug-likeness (QED) is 0.210. The van der Waals surface area contributed by atoms with Gasteiger partial charge in [-0.1, -0.05) is 74.8 Å². The van der Waals surface area contributed by atoms with Crippen molar-refractivity contribution in [1.29, 1.82) is 0 Å². The minimum Gasteiger partial charge on any atom is -0.492 e. The molecule has 7 heteroatoms. The number of para-hydroxylation sites is 1. The summed E-state index contributed by atoms with van der Waals surface area (Å²) in [6.07, 6.45) is 1.67. The predicted molar refractivity (Wildman–Crippen MR) is 158 cm³/mol. The Kier molecular flexibility index (Phi) is 6.20. The van der Waals surface area contributed by atoms with E-state index in [1.165, 1.54) is 4.68 Å². The van der Waals surface area contributed by atoms with Gasteiger partial charge in [-0.2, -0.15) is 9.78 Å². The minimum absolute atomic E-state index is 0.0311. The van der Waals surface area contributed by atoms with Crippen molar-refractivity contribution >= 4 is 50.5 Å². The van der Waals surface area contributed by atoms with Gasteiger partial charge in [-0.05, 0) is 58.7 Å². The molecule has 0 aliphatic heterocycles. The van der Waals surface area contributed by atoms with Crippen LogP contribution in [0, 0.1) is 5.41 Å². The summed E-state index contributed by atoms with van der Waals surface area (Å²) in [6.45, 7) is 6.88. The van der Waals surface area contributed by atoms with Crippen molar-refractivity contribution in [2.75, 3.05) is 6.61 Å². The maximum atomic E-state index is 13.7. The molecule has 39 heavy (non-hydrogen) atoms. The Morgan fingerprint density at radius 3 is 2.54 bits per heavy atom. The molecule has 194 valence electrons. The van der Waals surface area contributed by atoms with Crippen LogP contribution in [-0.4, -0.2) is 22.5 Å². The van der Waals surface area contributed by atoms with Gasteiger partial charge in [0.1, 0.15) is 11.3 Å². The zero-order valence-corrected chi connectivity index (χ0v) is 22.6. The molecule has 0 radical (unpaired) electrons. The highest BCUT2D eigenvalue weighted by Gasteiger charge is 2.18. The summed E-state index contributed by atoms with van der Waals surface area (Å²) < 4.78 is 13.6. The molecular weight excluding hydrogens is 510 g/mol. The first kappa shape index (κ1) is 24.9. The van der Waals surface area contributed by atoms with E-state index in [1.807, 2.05) is 60.7 Å². The van der Waals surface area contributed by atoms with Crippen LogP contribution in [0.3, 0.4) is 0 Å². The number of aromatic nitrogens is 2. The highest BCUT2D eigenvalue weighted by Crippen LogP contribution is 2.31. The van der Waals surface area contributed by atoms with Crippen molar-refractivity contribution in [3.63, 3.8) is 0 Å². The van der Waals surface area contributed by atoms with Gasteiger partial charge in [-0.25, -0.2) is 4.98 Å². The van der Waals surface area contributed by atoms with E-state index in [0.29, 0.717) is 45.4 Å². The van der Waals surface area contributed by atoms with Gasteiger partial charge in [-0.3, -0.25) is 4.79 Å². The van der Waals surface area contributed by atoms with Crippen LogP contribution in [-0.2, 0) is 0 Å². The molecule has 0 N–H and O–H groups in total. The number of ether oxygens (including phenoxy) is 1. The lowest BCUT2D eigenvalue weighted by molar-refractivity contribution is 0.198. The third-order valence-electron chi connectivity index (χ3n) is 6.35. The van der Waals surface area contributed by atoms with Crippen molar-refractivity contribution in [3.8, 4) is 17.3 Å². The topological polar surface area (TPSA) is 69.6 Å². The summed E-state index contributed by atoms with van der Waals surface area (Å²) in [5.74, 6) is 1.39. The van der Waals surface area contributed by atoms with Gasteiger partial charge >= 0.3 is 0 Å². The molecule has 0 unspecified atom stereocenters. The van der Waals surface area contributed by atoms with Gasteiger partial charge in [0.05, 0.1) is 23.7 Å². The molecule has 2 heterocycles. The molecular formula is C32H26ClN3O3. The number of rotatable bonds is 5. The number of halogens is 1. The number of nitrogens with zero attached hydrogens (tertiary/aromatic N) is 3. The fraction of sp³-hybridized carbons (Fsp3) is 0.156. The van der Waals surface area contributed by atoms with Gasteiger partial charge in [0.15, 0.2) is 5.76 Å². The van der Waals surface area contributed by atoms with Gasteiger partial charge in [-0.15, -0.1) is 0 Å². The Morgan fingerprint density at radius 2 is 1.72 bits per heavy atom. The van der Waals surface area contributed by atoms with Crippen LogP contribution in [0.5, 0.6) is 5.75 Å². The molecule has 0 saturated heterocycles. The van der Waals surface area contributed by atoms with Gasteiger partial charge in [0.25, 0.3) is 5.56 Å². The summed E-state index contributed by atoms with van der Waals surface area (Å²) >= 11 is 6.19. The Hall–Kier alpha value is -4.42.